The van der Waals surface area contributed by atoms with Crippen LogP contribution in [-0.2, 0) is 11.3 Å². The minimum absolute atomic E-state index is 0.0346. The van der Waals surface area contributed by atoms with Crippen LogP contribution in [0, 0.1) is 5.92 Å². The average Bonchev–Trinajstić information content (AvgIpc) is 2.75. The topological polar surface area (TPSA) is 50.8 Å². The lowest BCUT2D eigenvalue weighted by Gasteiger charge is -2.31. The number of halogens is 2. The molecule has 1 fully saturated rings. The molecule has 1 saturated heterocycles. The molecule has 2 aromatic rings. The molecule has 1 N–H and O–H groups in total. The summed E-state index contributed by atoms with van der Waals surface area (Å²) < 4.78 is 11.0. The molecular formula is C22H26Cl2N2O3. The van der Waals surface area contributed by atoms with Gasteiger partial charge in [0.1, 0.15) is 6.61 Å². The number of ether oxygens (including phenoxy) is 2. The van der Waals surface area contributed by atoms with Crippen LogP contribution >= 0.6 is 23.2 Å². The first-order valence-electron chi connectivity index (χ1n) is 9.77. The third-order valence-electron chi connectivity index (χ3n) is 5.11. The minimum atomic E-state index is 0.0346. The van der Waals surface area contributed by atoms with E-state index in [1.54, 1.807) is 13.2 Å². The largest absolute Gasteiger partial charge is 0.493 e. The van der Waals surface area contributed by atoms with E-state index < -0.39 is 0 Å². The highest BCUT2D eigenvalue weighted by Crippen LogP contribution is 2.28. The molecule has 1 aliphatic rings. The number of para-hydroxylation sites is 2. The van der Waals surface area contributed by atoms with Gasteiger partial charge >= 0.3 is 0 Å². The fraction of sp³-hybridized carbons (Fsp3) is 0.409. The number of amides is 1. The highest BCUT2D eigenvalue weighted by atomic mass is 35.5. The summed E-state index contributed by atoms with van der Waals surface area (Å²) in [6.07, 6.45) is 1.66. The Hall–Kier alpha value is -1.95. The number of carbonyl (C=O) groups is 1. The van der Waals surface area contributed by atoms with Crippen molar-refractivity contribution in [2.75, 3.05) is 33.4 Å². The lowest BCUT2D eigenvalue weighted by molar-refractivity contribution is -0.126. The van der Waals surface area contributed by atoms with E-state index in [0.717, 1.165) is 38.0 Å². The van der Waals surface area contributed by atoms with Crippen molar-refractivity contribution in [2.24, 2.45) is 5.92 Å². The van der Waals surface area contributed by atoms with E-state index in [2.05, 4.69) is 10.2 Å². The molecule has 0 aromatic heterocycles. The smallest absolute Gasteiger partial charge is 0.223 e. The highest BCUT2D eigenvalue weighted by Gasteiger charge is 2.25. The minimum Gasteiger partial charge on any atom is -0.493 e. The van der Waals surface area contributed by atoms with Gasteiger partial charge in [0.15, 0.2) is 11.5 Å². The van der Waals surface area contributed by atoms with E-state index in [9.17, 15) is 4.79 Å². The molecule has 3 rings (SSSR count). The molecule has 0 saturated carbocycles. The third-order valence-corrected chi connectivity index (χ3v) is 5.97. The molecule has 0 atom stereocenters. The van der Waals surface area contributed by atoms with Gasteiger partial charge in [-0.2, -0.15) is 0 Å². The van der Waals surface area contributed by atoms with Gasteiger partial charge in [-0.3, -0.25) is 9.69 Å². The van der Waals surface area contributed by atoms with Crippen molar-refractivity contribution in [3.8, 4) is 11.5 Å². The van der Waals surface area contributed by atoms with Crippen LogP contribution in [0.4, 0.5) is 0 Å². The van der Waals surface area contributed by atoms with E-state index >= 15 is 0 Å². The van der Waals surface area contributed by atoms with Gasteiger partial charge in [0, 0.05) is 12.5 Å². The van der Waals surface area contributed by atoms with Gasteiger partial charge in [-0.05, 0) is 49.7 Å². The standard InChI is InChI=1S/C22H26Cl2N2O3/c1-28-19-7-2-3-8-20(19)29-14-11-25-22(27)16-9-12-26(13-10-16)15-17-5-4-6-18(23)21(17)24/h2-8,16H,9-15H2,1H3,(H,25,27). The van der Waals surface area contributed by atoms with Gasteiger partial charge in [0.25, 0.3) is 0 Å². The monoisotopic (exact) mass is 436 g/mol. The molecule has 156 valence electrons. The first-order chi connectivity index (χ1) is 14.1. The molecular weight excluding hydrogens is 411 g/mol. The van der Waals surface area contributed by atoms with E-state index in [-0.39, 0.29) is 11.8 Å². The van der Waals surface area contributed by atoms with Crippen molar-refractivity contribution in [3.05, 3.63) is 58.1 Å². The second kappa shape index (κ2) is 10.7. The first-order valence-corrected chi connectivity index (χ1v) is 10.5. The maximum atomic E-state index is 12.4. The van der Waals surface area contributed by atoms with E-state index in [1.807, 2.05) is 36.4 Å². The average molecular weight is 437 g/mol. The molecule has 1 amide bonds. The number of nitrogens with one attached hydrogen (secondary N) is 1. The molecule has 0 spiro atoms. The third kappa shape index (κ3) is 6.01. The number of carbonyl (C=O) groups excluding carboxylic acids is 1. The molecule has 0 bridgehead atoms. The molecule has 0 unspecified atom stereocenters. The summed E-state index contributed by atoms with van der Waals surface area (Å²) in [6, 6.07) is 13.2. The zero-order chi connectivity index (χ0) is 20.6. The van der Waals surface area contributed by atoms with Crippen molar-refractivity contribution < 1.29 is 14.3 Å². The Balaban J connectivity index is 1.38. The number of benzene rings is 2. The van der Waals surface area contributed by atoms with Crippen molar-refractivity contribution in [1.82, 2.24) is 10.2 Å². The number of hydrogen-bond donors (Lipinski definition) is 1. The maximum absolute atomic E-state index is 12.4. The van der Waals surface area contributed by atoms with Gasteiger partial charge in [-0.1, -0.05) is 47.5 Å². The maximum Gasteiger partial charge on any atom is 0.223 e. The molecule has 1 aliphatic heterocycles. The van der Waals surface area contributed by atoms with Gasteiger partial charge in [-0.25, -0.2) is 0 Å². The SMILES string of the molecule is COc1ccccc1OCCNC(=O)C1CCN(Cc2cccc(Cl)c2Cl)CC1. The lowest BCUT2D eigenvalue weighted by atomic mass is 9.95. The molecule has 2 aromatic carbocycles. The Morgan fingerprint density at radius 2 is 1.83 bits per heavy atom. The number of nitrogens with zero attached hydrogens (tertiary/aromatic N) is 1. The van der Waals surface area contributed by atoms with Crippen LogP contribution in [0.25, 0.3) is 0 Å². The summed E-state index contributed by atoms with van der Waals surface area (Å²) in [6.45, 7) is 3.34. The normalized spacial score (nSPS) is 15.1. The van der Waals surface area contributed by atoms with Crippen LogP contribution in [0.5, 0.6) is 11.5 Å². The van der Waals surface area contributed by atoms with E-state index in [0.29, 0.717) is 34.7 Å². The van der Waals surface area contributed by atoms with Crippen molar-refractivity contribution in [2.45, 2.75) is 19.4 Å². The second-order valence-corrected chi connectivity index (χ2v) is 7.84. The lowest BCUT2D eigenvalue weighted by Crippen LogP contribution is -2.41. The summed E-state index contributed by atoms with van der Waals surface area (Å²) in [7, 11) is 1.61. The molecule has 5 nitrogen and oxygen atoms in total. The fourth-order valence-corrected chi connectivity index (χ4v) is 3.86. The van der Waals surface area contributed by atoms with Gasteiger partial charge in [0.05, 0.1) is 23.7 Å². The van der Waals surface area contributed by atoms with Crippen LogP contribution in [0.1, 0.15) is 18.4 Å². The van der Waals surface area contributed by atoms with Crippen molar-refractivity contribution >= 4 is 29.1 Å². The Kier molecular flexibility index (Phi) is 8.04. The molecule has 1 heterocycles. The number of methoxy groups -OCH3 is 1. The Morgan fingerprint density at radius 3 is 2.55 bits per heavy atom. The van der Waals surface area contributed by atoms with Crippen molar-refractivity contribution in [3.63, 3.8) is 0 Å². The zero-order valence-corrected chi connectivity index (χ0v) is 18.0. The molecule has 29 heavy (non-hydrogen) atoms. The van der Waals surface area contributed by atoms with Crippen LogP contribution in [0.15, 0.2) is 42.5 Å². The fourth-order valence-electron chi connectivity index (χ4n) is 3.48. The quantitative estimate of drug-likeness (QED) is 0.622. The summed E-state index contributed by atoms with van der Waals surface area (Å²) in [4.78, 5) is 14.8. The predicted molar refractivity (Wildman–Crippen MR) is 116 cm³/mol. The summed E-state index contributed by atoms with van der Waals surface area (Å²) >= 11 is 12.4. The van der Waals surface area contributed by atoms with Crippen LogP contribution < -0.4 is 14.8 Å². The summed E-state index contributed by atoms with van der Waals surface area (Å²) in [5.74, 6) is 1.49. The number of rotatable bonds is 8. The van der Waals surface area contributed by atoms with Crippen molar-refractivity contribution in [1.29, 1.82) is 0 Å². The number of piperidine rings is 1. The Morgan fingerprint density at radius 1 is 1.10 bits per heavy atom. The molecule has 0 radical (unpaired) electrons. The zero-order valence-electron chi connectivity index (χ0n) is 16.5. The Bertz CT molecular complexity index is 823. The molecule has 7 heteroatoms. The van der Waals surface area contributed by atoms with Crippen LogP contribution in [0.3, 0.4) is 0 Å². The second-order valence-electron chi connectivity index (χ2n) is 7.05. The van der Waals surface area contributed by atoms with Gasteiger partial charge in [-0.15, -0.1) is 0 Å². The summed E-state index contributed by atoms with van der Waals surface area (Å²) in [5.41, 5.74) is 1.02. The number of likely N-dealkylation sites (tertiary alicyclic amines) is 1. The van der Waals surface area contributed by atoms with E-state index in [1.165, 1.54) is 0 Å². The highest BCUT2D eigenvalue weighted by molar-refractivity contribution is 6.42. The van der Waals surface area contributed by atoms with E-state index in [4.69, 9.17) is 32.7 Å². The van der Waals surface area contributed by atoms with Gasteiger partial charge in [0.2, 0.25) is 5.91 Å². The van der Waals surface area contributed by atoms with Crippen LogP contribution in [0.2, 0.25) is 10.0 Å². The summed E-state index contributed by atoms with van der Waals surface area (Å²) in [5, 5.41) is 4.17. The van der Waals surface area contributed by atoms with Gasteiger partial charge < -0.3 is 14.8 Å². The first kappa shape index (κ1) is 21.8. The number of hydrogen-bond acceptors (Lipinski definition) is 4. The van der Waals surface area contributed by atoms with Crippen LogP contribution in [-0.4, -0.2) is 44.2 Å². The molecule has 0 aliphatic carbocycles. The Labute approximate surface area is 181 Å². The predicted octanol–water partition coefficient (Wildman–Crippen LogP) is 4.41.